The fourth-order valence-electron chi connectivity index (χ4n) is 4.88. The van der Waals surface area contributed by atoms with Gasteiger partial charge in [0.1, 0.15) is 0 Å². The van der Waals surface area contributed by atoms with Crippen molar-refractivity contribution in [3.05, 3.63) is 29.8 Å². The standard InChI is InChI=1S/C16H22N2O2S/c1-9(10-4-6-13(7-5-10)21(17,19)20)18-16-14-11-2-3-12(8-11)15(14)16/h4-7,9,11-12,14-16,18H,2-3,8H2,1H3,(H2,17,19,20). The Morgan fingerprint density at radius 2 is 1.71 bits per heavy atom. The minimum Gasteiger partial charge on any atom is -0.307 e. The summed E-state index contributed by atoms with van der Waals surface area (Å²) in [5, 5.41) is 8.88. The van der Waals surface area contributed by atoms with E-state index < -0.39 is 10.0 Å². The maximum atomic E-state index is 11.3. The van der Waals surface area contributed by atoms with Crippen molar-refractivity contribution in [2.24, 2.45) is 28.8 Å². The Hall–Kier alpha value is -0.910. The highest BCUT2D eigenvalue weighted by Crippen LogP contribution is 2.65. The molecule has 0 spiro atoms. The van der Waals surface area contributed by atoms with Crippen molar-refractivity contribution < 1.29 is 8.42 Å². The van der Waals surface area contributed by atoms with Crippen LogP contribution < -0.4 is 10.5 Å². The second kappa shape index (κ2) is 4.54. The van der Waals surface area contributed by atoms with Crippen molar-refractivity contribution in [3.8, 4) is 0 Å². The van der Waals surface area contributed by atoms with Crippen molar-refractivity contribution in [1.82, 2.24) is 5.32 Å². The van der Waals surface area contributed by atoms with Crippen LogP contribution in [-0.2, 0) is 10.0 Å². The molecule has 4 nitrogen and oxygen atoms in total. The summed E-state index contributed by atoms with van der Waals surface area (Å²) < 4.78 is 22.6. The van der Waals surface area contributed by atoms with Crippen molar-refractivity contribution in [3.63, 3.8) is 0 Å². The Morgan fingerprint density at radius 1 is 1.14 bits per heavy atom. The summed E-state index contributed by atoms with van der Waals surface area (Å²) in [6.07, 6.45) is 4.33. The molecule has 1 aromatic carbocycles. The molecule has 4 rings (SSSR count). The van der Waals surface area contributed by atoms with Gasteiger partial charge in [-0.2, -0.15) is 0 Å². The van der Waals surface area contributed by atoms with Crippen molar-refractivity contribution in [2.75, 3.05) is 0 Å². The van der Waals surface area contributed by atoms with Gasteiger partial charge in [-0.1, -0.05) is 12.1 Å². The molecule has 0 aromatic heterocycles. The third kappa shape index (κ3) is 2.22. The first-order chi connectivity index (χ1) is 9.95. The van der Waals surface area contributed by atoms with Gasteiger partial charge < -0.3 is 5.32 Å². The van der Waals surface area contributed by atoms with Crippen LogP contribution in [0.1, 0.15) is 37.8 Å². The van der Waals surface area contributed by atoms with Gasteiger partial charge in [0.25, 0.3) is 0 Å². The summed E-state index contributed by atoms with van der Waals surface area (Å²) in [6, 6.07) is 7.87. The Kier molecular flexibility index (Phi) is 2.97. The number of fused-ring (bicyclic) bond motifs is 5. The molecule has 3 aliphatic rings. The molecular weight excluding hydrogens is 284 g/mol. The van der Waals surface area contributed by atoms with Gasteiger partial charge in [0.15, 0.2) is 0 Å². The normalized spacial score (nSPS) is 38.3. The largest absolute Gasteiger partial charge is 0.307 e. The van der Waals surface area contributed by atoms with Gasteiger partial charge in [0.05, 0.1) is 4.90 Å². The summed E-state index contributed by atoms with van der Waals surface area (Å²) in [5.41, 5.74) is 1.12. The molecule has 0 saturated heterocycles. The minimum atomic E-state index is -3.60. The van der Waals surface area contributed by atoms with E-state index in [-0.39, 0.29) is 10.9 Å². The van der Waals surface area contributed by atoms with E-state index in [1.807, 2.05) is 12.1 Å². The molecule has 3 N–H and O–H groups in total. The summed E-state index contributed by atoms with van der Waals surface area (Å²) in [7, 11) is -3.60. The van der Waals surface area contributed by atoms with Crippen LogP contribution in [0.15, 0.2) is 29.2 Å². The van der Waals surface area contributed by atoms with Crippen LogP contribution in [0.3, 0.4) is 0 Å². The van der Waals surface area contributed by atoms with Crippen molar-refractivity contribution in [1.29, 1.82) is 0 Å². The van der Waals surface area contributed by atoms with Gasteiger partial charge >= 0.3 is 0 Å². The van der Waals surface area contributed by atoms with Crippen LogP contribution >= 0.6 is 0 Å². The molecule has 3 aliphatic carbocycles. The van der Waals surface area contributed by atoms with Crippen LogP contribution in [0, 0.1) is 23.7 Å². The zero-order chi connectivity index (χ0) is 14.8. The van der Waals surface area contributed by atoms with Gasteiger partial charge in [0, 0.05) is 12.1 Å². The molecular formula is C16H22N2O2S. The third-order valence-electron chi connectivity index (χ3n) is 5.89. The van der Waals surface area contributed by atoms with Gasteiger partial charge in [0.2, 0.25) is 10.0 Å². The molecule has 3 saturated carbocycles. The first-order valence-corrected chi connectivity index (χ1v) is 9.38. The van der Waals surface area contributed by atoms with E-state index in [4.69, 9.17) is 5.14 Å². The number of nitrogens with one attached hydrogen (secondary N) is 1. The van der Waals surface area contributed by atoms with Gasteiger partial charge in [-0.05, 0) is 67.6 Å². The zero-order valence-electron chi connectivity index (χ0n) is 12.2. The number of hydrogen-bond donors (Lipinski definition) is 2. The van der Waals surface area contributed by atoms with E-state index in [2.05, 4.69) is 12.2 Å². The number of rotatable bonds is 4. The Balaban J connectivity index is 1.43. The predicted molar refractivity (Wildman–Crippen MR) is 81.0 cm³/mol. The zero-order valence-corrected chi connectivity index (χ0v) is 13.0. The van der Waals surface area contributed by atoms with Crippen molar-refractivity contribution >= 4 is 10.0 Å². The number of benzene rings is 1. The number of primary sulfonamides is 1. The van der Waals surface area contributed by atoms with Crippen LogP contribution in [0.2, 0.25) is 0 Å². The molecule has 0 aliphatic heterocycles. The molecule has 5 heteroatoms. The summed E-state index contributed by atoms with van der Waals surface area (Å²) >= 11 is 0. The smallest absolute Gasteiger partial charge is 0.238 e. The molecule has 5 unspecified atom stereocenters. The highest BCUT2D eigenvalue weighted by Gasteiger charge is 2.64. The summed E-state index contributed by atoms with van der Waals surface area (Å²) in [5.74, 6) is 3.76. The molecule has 2 bridgehead atoms. The summed E-state index contributed by atoms with van der Waals surface area (Å²) in [6.45, 7) is 2.15. The molecule has 114 valence electrons. The van der Waals surface area contributed by atoms with E-state index in [1.54, 1.807) is 12.1 Å². The maximum Gasteiger partial charge on any atom is 0.238 e. The highest BCUT2D eigenvalue weighted by atomic mass is 32.2. The van der Waals surface area contributed by atoms with Crippen LogP contribution in [0.4, 0.5) is 0 Å². The van der Waals surface area contributed by atoms with E-state index in [0.717, 1.165) is 29.2 Å². The lowest BCUT2D eigenvalue weighted by Gasteiger charge is -2.17. The number of sulfonamides is 1. The van der Waals surface area contributed by atoms with Gasteiger partial charge in [-0.25, -0.2) is 13.6 Å². The second-order valence-corrected chi connectivity index (χ2v) is 8.58. The van der Waals surface area contributed by atoms with Gasteiger partial charge in [-0.15, -0.1) is 0 Å². The Bertz CT molecular complexity index is 639. The van der Waals surface area contributed by atoms with Crippen molar-refractivity contribution in [2.45, 2.75) is 43.2 Å². The first-order valence-electron chi connectivity index (χ1n) is 7.84. The lowest BCUT2D eigenvalue weighted by atomic mass is 10.0. The maximum absolute atomic E-state index is 11.3. The lowest BCUT2D eigenvalue weighted by Crippen LogP contribution is -2.26. The molecule has 21 heavy (non-hydrogen) atoms. The highest BCUT2D eigenvalue weighted by molar-refractivity contribution is 7.89. The quantitative estimate of drug-likeness (QED) is 0.894. The van der Waals surface area contributed by atoms with Crippen LogP contribution in [-0.4, -0.2) is 14.5 Å². The first kappa shape index (κ1) is 13.7. The molecule has 0 heterocycles. The average Bonchev–Trinajstić information content (AvgIpc) is 2.83. The topological polar surface area (TPSA) is 72.2 Å². The van der Waals surface area contributed by atoms with Crippen LogP contribution in [0.25, 0.3) is 0 Å². The number of hydrogen-bond acceptors (Lipinski definition) is 3. The van der Waals surface area contributed by atoms with Crippen LogP contribution in [0.5, 0.6) is 0 Å². The average molecular weight is 306 g/mol. The SMILES string of the molecule is CC(NC1C2C3CCC(C3)C12)c1ccc(S(N)(=O)=O)cc1. The minimum absolute atomic E-state index is 0.180. The number of nitrogens with two attached hydrogens (primary N) is 1. The van der Waals surface area contributed by atoms with E-state index in [0.29, 0.717) is 6.04 Å². The van der Waals surface area contributed by atoms with Gasteiger partial charge in [-0.3, -0.25) is 0 Å². The molecule has 3 fully saturated rings. The summed E-state index contributed by atoms with van der Waals surface area (Å²) in [4.78, 5) is 0.180. The molecule has 1 aromatic rings. The Labute approximate surface area is 126 Å². The van der Waals surface area contributed by atoms with E-state index in [1.165, 1.54) is 19.3 Å². The second-order valence-electron chi connectivity index (χ2n) is 7.02. The van der Waals surface area contributed by atoms with E-state index >= 15 is 0 Å². The van der Waals surface area contributed by atoms with E-state index in [9.17, 15) is 8.42 Å². The molecule has 0 radical (unpaired) electrons. The fraction of sp³-hybridized carbons (Fsp3) is 0.625. The third-order valence-corrected chi connectivity index (χ3v) is 6.82. The fourth-order valence-corrected chi connectivity index (χ4v) is 5.39. The molecule has 5 atom stereocenters. The monoisotopic (exact) mass is 306 g/mol. The lowest BCUT2D eigenvalue weighted by molar-refractivity contribution is 0.433. The molecule has 0 amide bonds. The predicted octanol–water partition coefficient (Wildman–Crippen LogP) is 2.03. The Morgan fingerprint density at radius 3 is 2.24 bits per heavy atom.